The van der Waals surface area contributed by atoms with Crippen molar-refractivity contribution in [2.75, 3.05) is 5.75 Å². The van der Waals surface area contributed by atoms with Gasteiger partial charge in [-0.05, 0) is 12.1 Å². The van der Waals surface area contributed by atoms with Crippen LogP contribution in [0.4, 0.5) is 0 Å². The van der Waals surface area contributed by atoms with Gasteiger partial charge in [0, 0.05) is 23.3 Å². The van der Waals surface area contributed by atoms with E-state index in [9.17, 15) is 9.59 Å². The minimum Gasteiger partial charge on any atom is -0.294 e. The van der Waals surface area contributed by atoms with Gasteiger partial charge in [-0.3, -0.25) is 14.6 Å². The van der Waals surface area contributed by atoms with Gasteiger partial charge in [-0.1, -0.05) is 6.08 Å². The van der Waals surface area contributed by atoms with Crippen molar-refractivity contribution < 1.29 is 9.59 Å². The summed E-state index contributed by atoms with van der Waals surface area (Å²) in [7, 11) is 0. The first-order valence-corrected chi connectivity index (χ1v) is 6.26. The van der Waals surface area contributed by atoms with Gasteiger partial charge in [0.1, 0.15) is 0 Å². The van der Waals surface area contributed by atoms with Gasteiger partial charge in [0.25, 0.3) is 0 Å². The minimum atomic E-state index is 0.0545. The lowest BCUT2D eigenvalue weighted by Gasteiger charge is -2.17. The number of rotatable bonds is 0. The lowest BCUT2D eigenvalue weighted by atomic mass is 9.96. The molecule has 0 fully saturated rings. The third-order valence-electron chi connectivity index (χ3n) is 2.78. The van der Waals surface area contributed by atoms with Crippen molar-refractivity contribution in [3.8, 4) is 0 Å². The van der Waals surface area contributed by atoms with Crippen LogP contribution < -0.4 is 0 Å². The van der Waals surface area contributed by atoms with Gasteiger partial charge in [0.05, 0.1) is 17.1 Å². The summed E-state index contributed by atoms with van der Waals surface area (Å²) in [4.78, 5) is 27.8. The largest absolute Gasteiger partial charge is 0.294 e. The first kappa shape index (κ1) is 9.78. The summed E-state index contributed by atoms with van der Waals surface area (Å²) in [5.74, 6) is 1.40. The van der Waals surface area contributed by atoms with Crippen LogP contribution in [-0.2, 0) is 5.75 Å². The molecule has 0 atom stereocenters. The Balaban J connectivity index is 2.23. The standard InChI is InChI=1S/C12H9NO2S/c14-11-3-1-2-9-7(11)4-8-10(13-9)5-16-6-12(8)15/h1-2,4H,3,5-6H2. The normalized spacial score (nSPS) is 18.2. The summed E-state index contributed by atoms with van der Waals surface area (Å²) in [6, 6.07) is 1.73. The Bertz CT molecular complexity index is 534. The molecule has 0 aromatic carbocycles. The van der Waals surface area contributed by atoms with Gasteiger partial charge >= 0.3 is 0 Å². The zero-order chi connectivity index (χ0) is 11.1. The van der Waals surface area contributed by atoms with Crippen LogP contribution in [0.2, 0.25) is 0 Å². The Morgan fingerprint density at radius 3 is 2.88 bits per heavy atom. The van der Waals surface area contributed by atoms with E-state index < -0.39 is 0 Å². The molecule has 0 unspecified atom stereocenters. The fourth-order valence-corrected chi connectivity index (χ4v) is 2.83. The molecule has 0 amide bonds. The van der Waals surface area contributed by atoms with Crippen molar-refractivity contribution in [2.45, 2.75) is 12.2 Å². The van der Waals surface area contributed by atoms with Crippen LogP contribution in [0.25, 0.3) is 6.08 Å². The molecule has 16 heavy (non-hydrogen) atoms. The fourth-order valence-electron chi connectivity index (χ4n) is 1.97. The van der Waals surface area contributed by atoms with Crippen LogP contribution in [0.3, 0.4) is 0 Å². The molecule has 4 heteroatoms. The minimum absolute atomic E-state index is 0.0545. The molecule has 0 bridgehead atoms. The second-order valence-electron chi connectivity index (χ2n) is 3.86. The molecular formula is C12H9NO2S. The molecule has 1 aliphatic heterocycles. The number of aromatic nitrogens is 1. The molecule has 3 nitrogen and oxygen atoms in total. The van der Waals surface area contributed by atoms with E-state index in [1.165, 1.54) is 0 Å². The number of pyridine rings is 1. The van der Waals surface area contributed by atoms with E-state index in [0.717, 1.165) is 11.4 Å². The van der Waals surface area contributed by atoms with Gasteiger partial charge in [-0.15, -0.1) is 11.8 Å². The van der Waals surface area contributed by atoms with Crippen LogP contribution >= 0.6 is 11.8 Å². The predicted octanol–water partition coefficient (Wildman–Crippen LogP) is 2.11. The molecule has 2 aliphatic rings. The van der Waals surface area contributed by atoms with Crippen molar-refractivity contribution in [2.24, 2.45) is 0 Å². The van der Waals surface area contributed by atoms with E-state index in [2.05, 4.69) is 4.98 Å². The molecule has 0 saturated carbocycles. The van der Waals surface area contributed by atoms with E-state index in [0.29, 0.717) is 29.0 Å². The van der Waals surface area contributed by atoms with Gasteiger partial charge in [0.2, 0.25) is 0 Å². The fraction of sp³-hybridized carbons (Fsp3) is 0.250. The average Bonchev–Trinajstić information content (AvgIpc) is 2.28. The first-order chi connectivity index (χ1) is 7.75. The molecule has 2 heterocycles. The summed E-state index contributed by atoms with van der Waals surface area (Å²) in [6.07, 6.45) is 4.10. The van der Waals surface area contributed by atoms with Crippen molar-refractivity contribution in [3.63, 3.8) is 0 Å². The van der Waals surface area contributed by atoms with Crippen molar-refractivity contribution in [3.05, 3.63) is 34.7 Å². The number of hydrogen-bond donors (Lipinski definition) is 0. The van der Waals surface area contributed by atoms with Crippen LogP contribution in [0.5, 0.6) is 0 Å². The summed E-state index contributed by atoms with van der Waals surface area (Å²) in [5, 5.41) is 0. The van der Waals surface area contributed by atoms with Crippen LogP contribution in [0.1, 0.15) is 38.5 Å². The molecule has 80 valence electrons. The SMILES string of the molecule is O=C1CC=Cc2nc3c(cc21)C(=O)CSC3. The smallest absolute Gasteiger partial charge is 0.174 e. The molecular weight excluding hydrogens is 222 g/mol. The number of ketones is 2. The van der Waals surface area contributed by atoms with E-state index in [1.54, 1.807) is 17.8 Å². The summed E-state index contributed by atoms with van der Waals surface area (Å²) < 4.78 is 0. The first-order valence-electron chi connectivity index (χ1n) is 5.10. The lowest BCUT2D eigenvalue weighted by Crippen LogP contribution is -2.17. The van der Waals surface area contributed by atoms with Gasteiger partial charge in [-0.2, -0.15) is 0 Å². The number of allylic oxidation sites excluding steroid dienone is 1. The topological polar surface area (TPSA) is 47.0 Å². The third-order valence-corrected chi connectivity index (χ3v) is 3.73. The number of fused-ring (bicyclic) bond motifs is 2. The van der Waals surface area contributed by atoms with E-state index in [4.69, 9.17) is 0 Å². The number of hydrogen-bond acceptors (Lipinski definition) is 4. The maximum Gasteiger partial charge on any atom is 0.174 e. The number of carbonyl (C=O) groups excluding carboxylic acids is 2. The highest BCUT2D eigenvalue weighted by atomic mass is 32.2. The highest BCUT2D eigenvalue weighted by Crippen LogP contribution is 2.27. The summed E-state index contributed by atoms with van der Waals surface area (Å²) >= 11 is 1.58. The highest BCUT2D eigenvalue weighted by Gasteiger charge is 2.23. The summed E-state index contributed by atoms with van der Waals surface area (Å²) in [5.41, 5.74) is 2.77. The van der Waals surface area contributed by atoms with E-state index in [1.807, 2.05) is 12.2 Å². The number of nitrogens with zero attached hydrogens (tertiary/aromatic N) is 1. The quantitative estimate of drug-likeness (QED) is 0.686. The maximum atomic E-state index is 11.7. The zero-order valence-corrected chi connectivity index (χ0v) is 9.34. The second kappa shape index (κ2) is 3.56. The van der Waals surface area contributed by atoms with Crippen molar-refractivity contribution in [1.29, 1.82) is 0 Å². The molecule has 0 spiro atoms. The summed E-state index contributed by atoms with van der Waals surface area (Å²) in [6.45, 7) is 0. The van der Waals surface area contributed by atoms with Crippen LogP contribution in [0, 0.1) is 0 Å². The Morgan fingerprint density at radius 1 is 1.12 bits per heavy atom. The van der Waals surface area contributed by atoms with E-state index >= 15 is 0 Å². The molecule has 1 aliphatic carbocycles. The Labute approximate surface area is 97.0 Å². The number of thioether (sulfide) groups is 1. The monoisotopic (exact) mass is 231 g/mol. The van der Waals surface area contributed by atoms with Crippen molar-refractivity contribution in [1.82, 2.24) is 4.98 Å². The van der Waals surface area contributed by atoms with Crippen molar-refractivity contribution >= 4 is 29.4 Å². The van der Waals surface area contributed by atoms with E-state index in [-0.39, 0.29) is 11.6 Å². The zero-order valence-electron chi connectivity index (χ0n) is 8.53. The third kappa shape index (κ3) is 1.41. The predicted molar refractivity (Wildman–Crippen MR) is 62.7 cm³/mol. The molecule has 0 N–H and O–H groups in total. The molecule has 1 aromatic heterocycles. The number of Topliss-reactive ketones (excluding diaryl/α,β-unsaturated/α-hetero) is 2. The van der Waals surface area contributed by atoms with Gasteiger partial charge < -0.3 is 0 Å². The van der Waals surface area contributed by atoms with Crippen LogP contribution in [-0.4, -0.2) is 22.3 Å². The number of carbonyl (C=O) groups is 2. The maximum absolute atomic E-state index is 11.7. The average molecular weight is 231 g/mol. The second-order valence-corrected chi connectivity index (χ2v) is 4.85. The van der Waals surface area contributed by atoms with Gasteiger partial charge in [0.15, 0.2) is 11.6 Å². The highest BCUT2D eigenvalue weighted by molar-refractivity contribution is 7.99. The Kier molecular flexibility index (Phi) is 2.17. The molecule has 0 radical (unpaired) electrons. The van der Waals surface area contributed by atoms with Crippen LogP contribution in [0.15, 0.2) is 12.1 Å². The Hall–Kier alpha value is -1.42. The molecule has 1 aromatic rings. The lowest BCUT2D eigenvalue weighted by molar-refractivity contribution is 0.0994. The molecule has 3 rings (SSSR count). The Morgan fingerprint density at radius 2 is 2.00 bits per heavy atom. The van der Waals surface area contributed by atoms with Gasteiger partial charge in [-0.25, -0.2) is 0 Å². The molecule has 0 saturated heterocycles.